The second-order valence-electron chi connectivity index (χ2n) is 5.04. The van der Waals surface area contributed by atoms with Crippen LogP contribution in [0.1, 0.15) is 54.3 Å². The minimum Gasteiger partial charge on any atom is -0.481 e. The van der Waals surface area contributed by atoms with Crippen molar-refractivity contribution in [3.63, 3.8) is 0 Å². The highest BCUT2D eigenvalue weighted by molar-refractivity contribution is 5.94. The van der Waals surface area contributed by atoms with Crippen LogP contribution in [0.2, 0.25) is 0 Å². The molecular weight excluding hydrogens is 280 g/mol. The molecule has 0 saturated heterocycles. The molecule has 0 radical (unpaired) electrons. The normalized spacial score (nSPS) is 15.4. The summed E-state index contributed by atoms with van der Waals surface area (Å²) in [6, 6.07) is 0.376. The molecule has 1 saturated carbocycles. The highest BCUT2D eigenvalue weighted by Crippen LogP contribution is 2.40. The Bertz CT molecular complexity index is 549. The van der Waals surface area contributed by atoms with E-state index in [9.17, 15) is 14.4 Å². The van der Waals surface area contributed by atoms with Crippen molar-refractivity contribution in [1.29, 1.82) is 0 Å². The van der Waals surface area contributed by atoms with E-state index in [4.69, 9.17) is 14.7 Å². The summed E-state index contributed by atoms with van der Waals surface area (Å²) in [6.07, 6.45) is 2.07. The van der Waals surface area contributed by atoms with Gasteiger partial charge in [0.25, 0.3) is 5.91 Å². The zero-order valence-electron chi connectivity index (χ0n) is 11.2. The van der Waals surface area contributed by atoms with Gasteiger partial charge in [-0.15, -0.1) is 0 Å². The molecule has 1 aliphatic rings. The number of carbonyl (C=O) groups excluding carboxylic acids is 1. The van der Waals surface area contributed by atoms with Crippen LogP contribution in [0.5, 0.6) is 0 Å². The van der Waals surface area contributed by atoms with Gasteiger partial charge in [-0.05, 0) is 25.7 Å². The first kappa shape index (κ1) is 15.0. The van der Waals surface area contributed by atoms with Gasteiger partial charge in [0.2, 0.25) is 0 Å². The number of rotatable bonds is 8. The van der Waals surface area contributed by atoms with Gasteiger partial charge in [0, 0.05) is 18.4 Å². The largest absolute Gasteiger partial charge is 0.481 e. The summed E-state index contributed by atoms with van der Waals surface area (Å²) in [5.74, 6) is -1.90. The highest BCUT2D eigenvalue weighted by atomic mass is 16.5. The lowest BCUT2D eigenvalue weighted by Crippen LogP contribution is -2.40. The van der Waals surface area contributed by atoms with Crippen molar-refractivity contribution >= 4 is 17.8 Å². The fraction of sp³-hybridized carbons (Fsp3) is 0.538. The second kappa shape index (κ2) is 6.38. The molecule has 0 spiro atoms. The van der Waals surface area contributed by atoms with Crippen LogP contribution in [0.3, 0.4) is 0 Å². The molecule has 1 atom stereocenters. The van der Waals surface area contributed by atoms with E-state index in [1.807, 2.05) is 0 Å². The molecule has 0 unspecified atom stereocenters. The van der Waals surface area contributed by atoms with E-state index < -0.39 is 23.9 Å². The average molecular weight is 296 g/mol. The molecule has 1 heterocycles. The lowest BCUT2D eigenvalue weighted by molar-refractivity contribution is -0.140. The molecule has 1 aliphatic carbocycles. The van der Waals surface area contributed by atoms with Gasteiger partial charge in [0.1, 0.15) is 11.8 Å². The van der Waals surface area contributed by atoms with Gasteiger partial charge in [-0.1, -0.05) is 5.16 Å². The zero-order valence-corrected chi connectivity index (χ0v) is 11.2. The first-order valence-corrected chi connectivity index (χ1v) is 6.69. The monoisotopic (exact) mass is 296 g/mol. The van der Waals surface area contributed by atoms with E-state index in [0.717, 1.165) is 12.8 Å². The highest BCUT2D eigenvalue weighted by Gasteiger charge is 2.29. The summed E-state index contributed by atoms with van der Waals surface area (Å²) in [7, 11) is 0. The Labute approximate surface area is 120 Å². The van der Waals surface area contributed by atoms with Gasteiger partial charge in [-0.2, -0.15) is 0 Å². The van der Waals surface area contributed by atoms with Crippen LogP contribution in [0.4, 0.5) is 0 Å². The van der Waals surface area contributed by atoms with Crippen LogP contribution >= 0.6 is 0 Å². The quantitative estimate of drug-likeness (QED) is 0.652. The number of hydrogen-bond donors (Lipinski definition) is 3. The summed E-state index contributed by atoms with van der Waals surface area (Å²) >= 11 is 0. The van der Waals surface area contributed by atoms with E-state index in [-0.39, 0.29) is 25.0 Å². The summed E-state index contributed by atoms with van der Waals surface area (Å²) in [4.78, 5) is 33.4. The molecule has 1 aromatic heterocycles. The molecule has 1 aromatic rings. The lowest BCUT2D eigenvalue weighted by atomic mass is 10.1. The minimum atomic E-state index is -1.21. The van der Waals surface area contributed by atoms with Crippen molar-refractivity contribution < 1.29 is 29.1 Å². The molecule has 3 N–H and O–H groups in total. The Kier molecular flexibility index (Phi) is 4.56. The molecule has 1 fully saturated rings. The van der Waals surface area contributed by atoms with E-state index >= 15 is 0 Å². The molecular formula is C13H16N2O6. The molecule has 0 bridgehead atoms. The van der Waals surface area contributed by atoms with Crippen LogP contribution in [-0.2, 0) is 9.59 Å². The maximum Gasteiger partial charge on any atom is 0.326 e. The van der Waals surface area contributed by atoms with Crippen molar-refractivity contribution in [2.45, 2.75) is 44.1 Å². The van der Waals surface area contributed by atoms with Gasteiger partial charge >= 0.3 is 11.9 Å². The molecule has 21 heavy (non-hydrogen) atoms. The van der Waals surface area contributed by atoms with Crippen molar-refractivity contribution in [2.24, 2.45) is 0 Å². The smallest absolute Gasteiger partial charge is 0.326 e. The van der Waals surface area contributed by atoms with Crippen LogP contribution in [-0.4, -0.2) is 39.3 Å². The molecule has 114 valence electrons. The maximum absolute atomic E-state index is 11.9. The fourth-order valence-corrected chi connectivity index (χ4v) is 1.90. The average Bonchev–Trinajstić information content (AvgIpc) is 3.14. The van der Waals surface area contributed by atoms with E-state index in [0.29, 0.717) is 11.7 Å². The number of carbonyl (C=O) groups is 3. The first-order valence-electron chi connectivity index (χ1n) is 6.69. The predicted octanol–water partition coefficient (Wildman–Crippen LogP) is 0.990. The summed E-state index contributed by atoms with van der Waals surface area (Å²) in [6.45, 7) is 0. The maximum atomic E-state index is 11.9. The Balaban J connectivity index is 1.90. The van der Waals surface area contributed by atoms with Gasteiger partial charge in [-0.3, -0.25) is 9.59 Å². The first-order chi connectivity index (χ1) is 9.97. The summed E-state index contributed by atoms with van der Waals surface area (Å²) in [5.41, 5.74) is 0.0429. The molecule has 1 amide bonds. The molecule has 8 heteroatoms. The zero-order chi connectivity index (χ0) is 15.4. The van der Waals surface area contributed by atoms with Crippen molar-refractivity contribution in [2.75, 3.05) is 0 Å². The van der Waals surface area contributed by atoms with Gasteiger partial charge in [0.15, 0.2) is 5.69 Å². The SMILES string of the molecule is O=C(O)CCC[C@@H](NC(=O)c1cc(C2CC2)on1)C(=O)O. The van der Waals surface area contributed by atoms with Crippen molar-refractivity contribution in [3.8, 4) is 0 Å². The molecule has 8 nitrogen and oxygen atoms in total. The topological polar surface area (TPSA) is 130 Å². The molecule has 0 aliphatic heterocycles. The number of aliphatic carboxylic acids is 2. The van der Waals surface area contributed by atoms with Crippen LogP contribution in [0, 0.1) is 0 Å². The van der Waals surface area contributed by atoms with Crippen molar-refractivity contribution in [1.82, 2.24) is 10.5 Å². The molecule has 2 rings (SSSR count). The van der Waals surface area contributed by atoms with Crippen LogP contribution in [0.15, 0.2) is 10.6 Å². The third-order valence-corrected chi connectivity index (χ3v) is 3.23. The fourth-order valence-electron chi connectivity index (χ4n) is 1.90. The number of carboxylic acids is 2. The number of nitrogens with zero attached hydrogens (tertiary/aromatic N) is 1. The third kappa shape index (κ3) is 4.30. The number of nitrogens with one attached hydrogen (secondary N) is 1. The Morgan fingerprint density at radius 3 is 2.67 bits per heavy atom. The Morgan fingerprint density at radius 1 is 1.38 bits per heavy atom. The van der Waals surface area contributed by atoms with Crippen LogP contribution in [0.25, 0.3) is 0 Å². The lowest BCUT2D eigenvalue weighted by Gasteiger charge is -2.12. The van der Waals surface area contributed by atoms with E-state index in [1.54, 1.807) is 0 Å². The number of carboxylic acid groups (broad SMARTS) is 2. The predicted molar refractivity (Wildman–Crippen MR) is 68.9 cm³/mol. The third-order valence-electron chi connectivity index (χ3n) is 3.23. The minimum absolute atomic E-state index is 0.0424. The number of amides is 1. The van der Waals surface area contributed by atoms with Gasteiger partial charge in [-0.25, -0.2) is 4.79 Å². The second-order valence-corrected chi connectivity index (χ2v) is 5.04. The number of aromatic nitrogens is 1. The van der Waals surface area contributed by atoms with E-state index in [1.165, 1.54) is 6.07 Å². The van der Waals surface area contributed by atoms with Crippen molar-refractivity contribution in [3.05, 3.63) is 17.5 Å². The van der Waals surface area contributed by atoms with Gasteiger partial charge in [0.05, 0.1) is 0 Å². The Hall–Kier alpha value is -2.38. The van der Waals surface area contributed by atoms with Crippen LogP contribution < -0.4 is 5.32 Å². The Morgan fingerprint density at radius 2 is 2.10 bits per heavy atom. The summed E-state index contributed by atoms with van der Waals surface area (Å²) < 4.78 is 5.03. The standard InChI is InChI=1S/C13H16N2O6/c16-11(17)3-1-2-8(13(19)20)14-12(18)9-6-10(21-15-9)7-4-5-7/h6-8H,1-5H2,(H,14,18)(H,16,17)(H,19,20)/t8-/m1/s1. The number of hydrogen-bond acceptors (Lipinski definition) is 5. The van der Waals surface area contributed by atoms with Gasteiger partial charge < -0.3 is 20.1 Å². The molecule has 0 aromatic carbocycles. The summed E-state index contributed by atoms with van der Waals surface area (Å²) in [5, 5.41) is 23.5. The van der Waals surface area contributed by atoms with E-state index in [2.05, 4.69) is 10.5 Å².